The Balaban J connectivity index is 1.68. The number of anilines is 1. The molecule has 1 aliphatic rings. The standard InChI is InChI=1S/C22H24N4O/c1-15(2)17-8-5-16(6-9-17)7-10-18-11-12-23-20-19(18)21(27)25-22(24-20)26-13-3-4-14-26/h5-12,15H,3-4,13-14H2,1-2H3,(H,23,24,25,27)/b10-7+. The van der Waals surface area contributed by atoms with Gasteiger partial charge in [-0.05, 0) is 41.5 Å². The molecule has 1 aliphatic heterocycles. The molecule has 1 N–H and O–H groups in total. The van der Waals surface area contributed by atoms with Crippen molar-refractivity contribution in [3.05, 3.63) is 63.6 Å². The van der Waals surface area contributed by atoms with E-state index in [0.29, 0.717) is 22.9 Å². The van der Waals surface area contributed by atoms with Gasteiger partial charge in [0.25, 0.3) is 5.56 Å². The van der Waals surface area contributed by atoms with Gasteiger partial charge in [0.2, 0.25) is 5.95 Å². The predicted octanol–water partition coefficient (Wildman–Crippen LogP) is 4.21. The molecule has 5 heteroatoms. The minimum atomic E-state index is -0.134. The summed E-state index contributed by atoms with van der Waals surface area (Å²) >= 11 is 0. The summed E-state index contributed by atoms with van der Waals surface area (Å²) in [5, 5.41) is 0.537. The molecule has 0 amide bonds. The van der Waals surface area contributed by atoms with E-state index in [4.69, 9.17) is 0 Å². The summed E-state index contributed by atoms with van der Waals surface area (Å²) < 4.78 is 0. The van der Waals surface area contributed by atoms with Crippen LogP contribution in [0, 0.1) is 0 Å². The first-order chi connectivity index (χ1) is 13.1. The van der Waals surface area contributed by atoms with E-state index in [1.807, 2.05) is 18.2 Å². The number of hydrogen-bond acceptors (Lipinski definition) is 4. The molecular formula is C22H24N4O. The smallest absolute Gasteiger partial charge is 0.262 e. The van der Waals surface area contributed by atoms with E-state index in [1.165, 1.54) is 5.56 Å². The Morgan fingerprint density at radius 1 is 1.07 bits per heavy atom. The summed E-state index contributed by atoms with van der Waals surface area (Å²) in [5.41, 5.74) is 3.61. The SMILES string of the molecule is CC(C)c1ccc(/C=C/c2ccnc3nc(N4CCCC4)[nH]c(=O)c23)cc1. The highest BCUT2D eigenvalue weighted by Crippen LogP contribution is 2.20. The molecule has 0 aliphatic carbocycles. The molecule has 0 bridgehead atoms. The lowest BCUT2D eigenvalue weighted by Crippen LogP contribution is -2.24. The van der Waals surface area contributed by atoms with Gasteiger partial charge >= 0.3 is 0 Å². The minimum Gasteiger partial charge on any atom is -0.342 e. The van der Waals surface area contributed by atoms with Crippen LogP contribution in [0.4, 0.5) is 5.95 Å². The first kappa shape index (κ1) is 17.5. The lowest BCUT2D eigenvalue weighted by atomic mass is 10.0. The molecule has 138 valence electrons. The summed E-state index contributed by atoms with van der Waals surface area (Å²) in [4.78, 5) is 26.7. The fourth-order valence-corrected chi connectivity index (χ4v) is 3.47. The number of pyridine rings is 1. The molecule has 0 saturated carbocycles. The van der Waals surface area contributed by atoms with Crippen LogP contribution in [0.2, 0.25) is 0 Å². The Kier molecular flexibility index (Phi) is 4.75. The van der Waals surface area contributed by atoms with Crippen LogP contribution in [0.3, 0.4) is 0 Å². The zero-order chi connectivity index (χ0) is 18.8. The summed E-state index contributed by atoms with van der Waals surface area (Å²) in [6.07, 6.45) is 7.96. The average molecular weight is 360 g/mol. The molecular weight excluding hydrogens is 336 g/mol. The van der Waals surface area contributed by atoms with E-state index in [9.17, 15) is 4.79 Å². The molecule has 0 spiro atoms. The molecule has 3 heterocycles. The number of H-pyrrole nitrogens is 1. The fourth-order valence-electron chi connectivity index (χ4n) is 3.47. The number of nitrogens with zero attached hydrogens (tertiary/aromatic N) is 3. The van der Waals surface area contributed by atoms with Crippen molar-refractivity contribution in [2.45, 2.75) is 32.6 Å². The number of hydrogen-bond donors (Lipinski definition) is 1. The molecule has 4 rings (SSSR count). The van der Waals surface area contributed by atoms with Gasteiger partial charge in [-0.2, -0.15) is 4.98 Å². The van der Waals surface area contributed by atoms with Crippen LogP contribution < -0.4 is 10.5 Å². The number of fused-ring (bicyclic) bond motifs is 1. The van der Waals surface area contributed by atoms with Crippen molar-refractivity contribution in [3.8, 4) is 0 Å². The van der Waals surface area contributed by atoms with E-state index in [2.05, 4.69) is 58.0 Å². The zero-order valence-electron chi connectivity index (χ0n) is 15.8. The van der Waals surface area contributed by atoms with Crippen molar-refractivity contribution in [1.29, 1.82) is 0 Å². The van der Waals surface area contributed by atoms with Crippen molar-refractivity contribution < 1.29 is 0 Å². The Morgan fingerprint density at radius 2 is 1.81 bits per heavy atom. The molecule has 1 saturated heterocycles. The molecule has 0 radical (unpaired) electrons. The van der Waals surface area contributed by atoms with E-state index in [1.54, 1.807) is 6.20 Å². The highest BCUT2D eigenvalue weighted by atomic mass is 16.1. The minimum absolute atomic E-state index is 0.134. The van der Waals surface area contributed by atoms with E-state index >= 15 is 0 Å². The topological polar surface area (TPSA) is 61.9 Å². The third kappa shape index (κ3) is 3.63. The van der Waals surface area contributed by atoms with Crippen molar-refractivity contribution in [2.24, 2.45) is 0 Å². The van der Waals surface area contributed by atoms with Gasteiger partial charge in [-0.15, -0.1) is 0 Å². The van der Waals surface area contributed by atoms with Crippen LogP contribution in [0.1, 0.15) is 49.3 Å². The molecule has 0 unspecified atom stereocenters. The van der Waals surface area contributed by atoms with Crippen LogP contribution in [0.5, 0.6) is 0 Å². The zero-order valence-corrected chi connectivity index (χ0v) is 15.8. The van der Waals surface area contributed by atoms with E-state index in [-0.39, 0.29) is 5.56 Å². The number of nitrogens with one attached hydrogen (secondary N) is 1. The Hall–Kier alpha value is -2.95. The monoisotopic (exact) mass is 360 g/mol. The van der Waals surface area contributed by atoms with Gasteiger partial charge in [0.15, 0.2) is 5.65 Å². The predicted molar refractivity (Wildman–Crippen MR) is 111 cm³/mol. The van der Waals surface area contributed by atoms with Crippen molar-refractivity contribution >= 4 is 29.1 Å². The average Bonchev–Trinajstić information content (AvgIpc) is 3.21. The largest absolute Gasteiger partial charge is 0.342 e. The summed E-state index contributed by atoms with van der Waals surface area (Å²) in [6.45, 7) is 6.23. The Bertz CT molecular complexity index is 1030. The third-order valence-electron chi connectivity index (χ3n) is 5.09. The van der Waals surface area contributed by atoms with Crippen LogP contribution in [-0.4, -0.2) is 28.0 Å². The number of aromatic nitrogens is 3. The summed E-state index contributed by atoms with van der Waals surface area (Å²) in [6, 6.07) is 10.3. The molecule has 27 heavy (non-hydrogen) atoms. The van der Waals surface area contributed by atoms with Crippen molar-refractivity contribution in [2.75, 3.05) is 18.0 Å². The van der Waals surface area contributed by atoms with Crippen LogP contribution in [-0.2, 0) is 0 Å². The third-order valence-corrected chi connectivity index (χ3v) is 5.09. The second-order valence-electron chi connectivity index (χ2n) is 7.34. The maximum absolute atomic E-state index is 12.7. The molecule has 3 aromatic rings. The number of rotatable bonds is 4. The maximum atomic E-state index is 12.7. The second kappa shape index (κ2) is 7.35. The first-order valence-corrected chi connectivity index (χ1v) is 9.54. The van der Waals surface area contributed by atoms with E-state index < -0.39 is 0 Å². The van der Waals surface area contributed by atoms with Gasteiger partial charge < -0.3 is 4.90 Å². The Morgan fingerprint density at radius 3 is 2.52 bits per heavy atom. The molecule has 5 nitrogen and oxygen atoms in total. The Labute approximate surface area is 158 Å². The summed E-state index contributed by atoms with van der Waals surface area (Å²) in [5.74, 6) is 1.14. The lowest BCUT2D eigenvalue weighted by molar-refractivity contribution is 0.866. The highest BCUT2D eigenvalue weighted by molar-refractivity contribution is 5.88. The van der Waals surface area contributed by atoms with E-state index in [0.717, 1.165) is 37.1 Å². The van der Waals surface area contributed by atoms with Crippen molar-refractivity contribution in [3.63, 3.8) is 0 Å². The van der Waals surface area contributed by atoms with Gasteiger partial charge in [0.05, 0.1) is 5.39 Å². The fraction of sp³-hybridized carbons (Fsp3) is 0.318. The molecule has 1 fully saturated rings. The normalized spacial score (nSPS) is 14.7. The molecule has 0 atom stereocenters. The van der Waals surface area contributed by atoms with Gasteiger partial charge in [0, 0.05) is 19.3 Å². The highest BCUT2D eigenvalue weighted by Gasteiger charge is 2.16. The van der Waals surface area contributed by atoms with Gasteiger partial charge in [0.1, 0.15) is 0 Å². The van der Waals surface area contributed by atoms with Crippen molar-refractivity contribution in [1.82, 2.24) is 15.0 Å². The lowest BCUT2D eigenvalue weighted by Gasteiger charge is -2.15. The number of benzene rings is 1. The van der Waals surface area contributed by atoms with Crippen LogP contribution in [0.25, 0.3) is 23.2 Å². The summed E-state index contributed by atoms with van der Waals surface area (Å²) in [7, 11) is 0. The van der Waals surface area contributed by atoms with Gasteiger partial charge in [-0.3, -0.25) is 9.78 Å². The molecule has 2 aromatic heterocycles. The first-order valence-electron chi connectivity index (χ1n) is 9.54. The van der Waals surface area contributed by atoms with Gasteiger partial charge in [-0.1, -0.05) is 50.3 Å². The number of aromatic amines is 1. The van der Waals surface area contributed by atoms with Gasteiger partial charge in [-0.25, -0.2) is 4.98 Å². The van der Waals surface area contributed by atoms with Crippen LogP contribution in [0.15, 0.2) is 41.3 Å². The second-order valence-corrected chi connectivity index (χ2v) is 7.34. The quantitative estimate of drug-likeness (QED) is 0.757. The van der Waals surface area contributed by atoms with Crippen LogP contribution >= 0.6 is 0 Å². The maximum Gasteiger partial charge on any atom is 0.262 e. The molecule has 1 aromatic carbocycles.